The summed E-state index contributed by atoms with van der Waals surface area (Å²) in [4.78, 5) is 6.86. The molecule has 1 aliphatic heterocycles. The van der Waals surface area contributed by atoms with Gasteiger partial charge in [0, 0.05) is 22.9 Å². The quantitative estimate of drug-likeness (QED) is 0.312. The molecule has 0 amide bonds. The zero-order valence-electron chi connectivity index (χ0n) is 21.8. The van der Waals surface area contributed by atoms with Crippen molar-refractivity contribution in [1.29, 1.82) is 0 Å². The number of aromatic nitrogens is 2. The zero-order chi connectivity index (χ0) is 26.9. The Morgan fingerprint density at radius 2 is 1.87 bits per heavy atom. The lowest BCUT2D eigenvalue weighted by Crippen LogP contribution is -2.63. The van der Waals surface area contributed by atoms with Crippen molar-refractivity contribution in [2.24, 2.45) is 23.2 Å². The first-order chi connectivity index (χ1) is 18.7. The highest BCUT2D eigenvalue weighted by Crippen LogP contribution is 2.62. The Morgan fingerprint density at radius 3 is 2.62 bits per heavy atom. The van der Waals surface area contributed by atoms with Gasteiger partial charge < -0.3 is 9.67 Å². The van der Waals surface area contributed by atoms with Crippen LogP contribution in [-0.4, -0.2) is 35.2 Å². The van der Waals surface area contributed by atoms with Crippen LogP contribution in [0.3, 0.4) is 0 Å². The molecular weight excluding hydrogens is 517 g/mol. The largest absolute Gasteiger partial charge is 0.392 e. The van der Waals surface area contributed by atoms with E-state index in [0.29, 0.717) is 23.6 Å². The number of hydrazine groups is 1. The third kappa shape index (κ3) is 4.28. The molecule has 206 valence electrons. The van der Waals surface area contributed by atoms with E-state index in [0.717, 1.165) is 48.9 Å². The van der Waals surface area contributed by atoms with Gasteiger partial charge in [-0.3, -0.25) is 4.72 Å². The molecule has 0 spiro atoms. The van der Waals surface area contributed by atoms with Crippen LogP contribution in [-0.2, 0) is 10.2 Å². The van der Waals surface area contributed by atoms with Crippen LogP contribution >= 0.6 is 0 Å². The summed E-state index contributed by atoms with van der Waals surface area (Å²) in [6.07, 6.45) is 8.06. The number of aliphatic hydroxyl groups is 1. The summed E-state index contributed by atoms with van der Waals surface area (Å²) in [6.45, 7) is 1.95. The zero-order valence-corrected chi connectivity index (χ0v) is 22.7. The SMILES string of the molecule is Cc1ccc(NS(=O)(=O)NNC2C3CC4CC2CC(C(O)CC2c5c(F)cccc5-c5cncn52)(C4)C3)cc1. The lowest BCUT2D eigenvalue weighted by Gasteiger charge is -2.61. The molecule has 8 nitrogen and oxygen atoms in total. The summed E-state index contributed by atoms with van der Waals surface area (Å²) >= 11 is 0. The summed E-state index contributed by atoms with van der Waals surface area (Å²) in [5, 5.41) is 11.8. The fourth-order valence-corrected chi connectivity index (χ4v) is 9.16. The standard InChI is InChI=1S/C29H34FN5O3S/c1-17-5-7-21(8-6-17)33-39(37,38)34-32-28-19-9-18-10-20(28)14-29(12-18,13-19)26(36)11-24-27-22(3-2-4-23(27)30)25-15-31-16-35(24)25/h2-8,15-16,18-20,24,26,28,32-34,36H,9-14H2,1H3. The molecule has 3 aromatic rings. The van der Waals surface area contributed by atoms with Crippen molar-refractivity contribution in [3.8, 4) is 11.3 Å². The second kappa shape index (κ2) is 9.12. The van der Waals surface area contributed by atoms with Gasteiger partial charge in [0.15, 0.2) is 0 Å². The number of rotatable bonds is 8. The number of nitrogens with zero attached hydrogens (tertiary/aromatic N) is 2. The highest BCUT2D eigenvalue weighted by atomic mass is 32.2. The molecule has 4 aliphatic carbocycles. The van der Waals surface area contributed by atoms with Crippen LogP contribution in [0.5, 0.6) is 0 Å². The predicted octanol–water partition coefficient (Wildman–Crippen LogP) is 4.30. The van der Waals surface area contributed by atoms with Crippen molar-refractivity contribution >= 4 is 15.9 Å². The first-order valence-corrected chi connectivity index (χ1v) is 15.3. The molecule has 0 radical (unpaired) electrons. The Balaban J connectivity index is 1.06. The molecule has 4 saturated carbocycles. The topological polar surface area (TPSA) is 108 Å². The third-order valence-electron chi connectivity index (χ3n) is 9.80. The van der Waals surface area contributed by atoms with Crippen molar-refractivity contribution in [1.82, 2.24) is 19.8 Å². The number of imidazole rings is 1. The number of aliphatic hydroxyl groups excluding tert-OH is 1. The Bertz CT molecular complexity index is 1490. The number of hydrogen-bond acceptors (Lipinski definition) is 5. The molecular formula is C29H34FN5O3S. The number of fused-ring (bicyclic) bond motifs is 3. The Hall–Kier alpha value is -2.79. The molecule has 4 unspecified atom stereocenters. The second-order valence-electron chi connectivity index (χ2n) is 12.2. The Labute approximate surface area is 228 Å². The average Bonchev–Trinajstić information content (AvgIpc) is 3.48. The van der Waals surface area contributed by atoms with Crippen LogP contribution < -0.4 is 15.0 Å². The van der Waals surface area contributed by atoms with Gasteiger partial charge in [-0.15, -0.1) is 4.83 Å². The summed E-state index contributed by atoms with van der Waals surface area (Å²) in [5.41, 5.74) is 6.87. The molecule has 2 heterocycles. The van der Waals surface area contributed by atoms with Crippen LogP contribution in [0.4, 0.5) is 10.1 Å². The molecule has 4 N–H and O–H groups in total. The molecule has 2 aromatic carbocycles. The number of halogens is 1. The van der Waals surface area contributed by atoms with Gasteiger partial charge in [0.1, 0.15) is 5.82 Å². The van der Waals surface area contributed by atoms with Gasteiger partial charge in [-0.05, 0) is 86.8 Å². The molecule has 39 heavy (non-hydrogen) atoms. The average molecular weight is 552 g/mol. The molecule has 4 atom stereocenters. The van der Waals surface area contributed by atoms with E-state index in [9.17, 15) is 17.9 Å². The van der Waals surface area contributed by atoms with Crippen molar-refractivity contribution in [3.05, 3.63) is 71.9 Å². The fraction of sp³-hybridized carbons (Fsp3) is 0.483. The van der Waals surface area contributed by atoms with E-state index in [2.05, 4.69) is 20.0 Å². The van der Waals surface area contributed by atoms with Gasteiger partial charge in [-0.1, -0.05) is 29.8 Å². The lowest BCUT2D eigenvalue weighted by molar-refractivity contribution is -0.138. The van der Waals surface area contributed by atoms with E-state index in [-0.39, 0.29) is 35.2 Å². The number of hydrogen-bond donors (Lipinski definition) is 4. The van der Waals surface area contributed by atoms with Crippen LogP contribution in [0.25, 0.3) is 11.3 Å². The predicted molar refractivity (Wildman–Crippen MR) is 146 cm³/mol. The molecule has 10 heteroatoms. The van der Waals surface area contributed by atoms with E-state index in [1.807, 2.05) is 29.7 Å². The maximum Gasteiger partial charge on any atom is 0.311 e. The molecule has 4 bridgehead atoms. The second-order valence-corrected chi connectivity index (χ2v) is 13.6. The molecule has 1 aromatic heterocycles. The minimum atomic E-state index is -3.79. The summed E-state index contributed by atoms with van der Waals surface area (Å²) in [7, 11) is -3.79. The Kier molecular flexibility index (Phi) is 5.89. The van der Waals surface area contributed by atoms with Crippen molar-refractivity contribution in [2.45, 2.75) is 63.6 Å². The first-order valence-electron chi connectivity index (χ1n) is 13.8. The normalized spacial score (nSPS) is 31.2. The van der Waals surface area contributed by atoms with Crippen LogP contribution in [0.15, 0.2) is 55.0 Å². The number of aryl methyl sites for hydroxylation is 1. The van der Waals surface area contributed by atoms with Crippen molar-refractivity contribution in [3.63, 3.8) is 0 Å². The highest BCUT2D eigenvalue weighted by molar-refractivity contribution is 7.90. The minimum Gasteiger partial charge on any atom is -0.392 e. The Morgan fingerprint density at radius 1 is 1.13 bits per heavy atom. The van der Waals surface area contributed by atoms with Crippen LogP contribution in [0, 0.1) is 35.9 Å². The van der Waals surface area contributed by atoms with Crippen LogP contribution in [0.2, 0.25) is 0 Å². The fourth-order valence-electron chi connectivity index (χ4n) is 8.37. The number of anilines is 1. The maximum atomic E-state index is 15.0. The summed E-state index contributed by atoms with van der Waals surface area (Å²) in [6, 6.07) is 12.1. The van der Waals surface area contributed by atoms with Crippen LogP contribution in [0.1, 0.15) is 55.7 Å². The maximum absolute atomic E-state index is 15.0. The number of nitrogens with one attached hydrogen (secondary N) is 3. The molecule has 8 rings (SSSR count). The van der Waals surface area contributed by atoms with E-state index in [1.54, 1.807) is 30.7 Å². The van der Waals surface area contributed by atoms with E-state index in [4.69, 9.17) is 0 Å². The van der Waals surface area contributed by atoms with Crippen molar-refractivity contribution in [2.75, 3.05) is 4.72 Å². The van der Waals surface area contributed by atoms with Gasteiger partial charge in [0.2, 0.25) is 0 Å². The number of benzene rings is 2. The smallest absolute Gasteiger partial charge is 0.311 e. The van der Waals surface area contributed by atoms with E-state index in [1.165, 1.54) is 6.07 Å². The minimum absolute atomic E-state index is 0.0152. The summed E-state index contributed by atoms with van der Waals surface area (Å²) in [5.74, 6) is 0.817. The highest BCUT2D eigenvalue weighted by Gasteiger charge is 2.58. The van der Waals surface area contributed by atoms with E-state index < -0.39 is 16.3 Å². The lowest BCUT2D eigenvalue weighted by atomic mass is 9.46. The monoisotopic (exact) mass is 551 g/mol. The van der Waals surface area contributed by atoms with Gasteiger partial charge in [0.25, 0.3) is 0 Å². The first kappa shape index (κ1) is 25.2. The van der Waals surface area contributed by atoms with Gasteiger partial charge in [-0.25, -0.2) is 14.8 Å². The summed E-state index contributed by atoms with van der Waals surface area (Å²) < 4.78 is 45.0. The molecule has 5 aliphatic rings. The third-order valence-corrected chi connectivity index (χ3v) is 10.7. The molecule has 4 fully saturated rings. The van der Waals surface area contributed by atoms with Crippen molar-refractivity contribution < 1.29 is 17.9 Å². The van der Waals surface area contributed by atoms with E-state index >= 15 is 0 Å². The van der Waals surface area contributed by atoms with Gasteiger partial charge in [0.05, 0.1) is 30.4 Å². The van der Waals surface area contributed by atoms with Gasteiger partial charge >= 0.3 is 10.2 Å². The molecule has 0 saturated heterocycles. The van der Waals surface area contributed by atoms with Gasteiger partial charge in [-0.2, -0.15) is 8.42 Å².